The molecule has 0 saturated heterocycles. The summed E-state index contributed by atoms with van der Waals surface area (Å²) in [6.45, 7) is 12.9. The maximum absolute atomic E-state index is 4.06. The summed E-state index contributed by atoms with van der Waals surface area (Å²) in [5, 5.41) is 0. The molecule has 5 heteroatoms. The number of H-pyrrole nitrogens is 3. The molecule has 24 heavy (non-hydrogen) atoms. The monoisotopic (exact) mass is 329 g/mol. The number of aromatic amines is 3. The Morgan fingerprint density at radius 3 is 1.88 bits per heavy atom. The van der Waals surface area contributed by atoms with E-state index in [0.717, 1.165) is 5.82 Å². The lowest BCUT2D eigenvalue weighted by atomic mass is 10.1. The molecule has 3 heterocycles. The summed E-state index contributed by atoms with van der Waals surface area (Å²) in [5.41, 5.74) is 2.58. The third kappa shape index (κ3) is 7.31. The molecular formula is C19H31N5. The Hall–Kier alpha value is -2.30. The molecule has 0 bridgehead atoms. The van der Waals surface area contributed by atoms with Gasteiger partial charge < -0.3 is 15.0 Å². The average molecular weight is 329 g/mol. The molecule has 0 spiro atoms. The first-order valence-corrected chi connectivity index (χ1v) is 8.52. The van der Waals surface area contributed by atoms with Crippen LogP contribution < -0.4 is 0 Å². The van der Waals surface area contributed by atoms with Crippen molar-refractivity contribution in [3.63, 3.8) is 0 Å². The molecule has 0 atom stereocenters. The van der Waals surface area contributed by atoms with Gasteiger partial charge in [0.25, 0.3) is 0 Å². The van der Waals surface area contributed by atoms with Crippen molar-refractivity contribution in [3.05, 3.63) is 60.5 Å². The molecule has 0 fully saturated rings. The predicted octanol–water partition coefficient (Wildman–Crippen LogP) is 5.20. The van der Waals surface area contributed by atoms with Crippen molar-refractivity contribution in [3.8, 4) is 0 Å². The van der Waals surface area contributed by atoms with Crippen molar-refractivity contribution < 1.29 is 0 Å². The van der Waals surface area contributed by atoms with Crippen LogP contribution in [0.2, 0.25) is 0 Å². The molecular weight excluding hydrogens is 298 g/mol. The fourth-order valence-electron chi connectivity index (χ4n) is 1.87. The van der Waals surface area contributed by atoms with E-state index in [1.54, 1.807) is 12.5 Å². The van der Waals surface area contributed by atoms with Crippen LogP contribution in [0.4, 0.5) is 0 Å². The molecule has 0 saturated carbocycles. The van der Waals surface area contributed by atoms with E-state index in [1.807, 2.05) is 24.8 Å². The Kier molecular flexibility index (Phi) is 8.61. The van der Waals surface area contributed by atoms with Gasteiger partial charge in [-0.15, -0.1) is 0 Å². The highest BCUT2D eigenvalue weighted by Gasteiger charge is 1.97. The molecule has 3 rings (SSSR count). The molecule has 0 amide bonds. The van der Waals surface area contributed by atoms with Crippen LogP contribution in [0, 0.1) is 0 Å². The van der Waals surface area contributed by atoms with Gasteiger partial charge in [-0.05, 0) is 23.5 Å². The standard InChI is InChI=1S/C7H11N.2C6H10N2/c1-6(2)7-3-4-8-5-7;1-5(2)6-3-7-4-8-6;1-5(2)6-7-3-4-8-6/h3-6,8H,1-2H3;2*3-5H,1-2H3,(H,7,8). The van der Waals surface area contributed by atoms with E-state index in [-0.39, 0.29) is 0 Å². The summed E-state index contributed by atoms with van der Waals surface area (Å²) >= 11 is 0. The minimum absolute atomic E-state index is 0.519. The van der Waals surface area contributed by atoms with Gasteiger partial charge in [0.1, 0.15) is 5.82 Å². The molecule has 3 N–H and O–H groups in total. The molecule has 3 aromatic rings. The van der Waals surface area contributed by atoms with Crippen molar-refractivity contribution in [2.45, 2.75) is 59.3 Å². The fourth-order valence-corrected chi connectivity index (χ4v) is 1.87. The van der Waals surface area contributed by atoms with Gasteiger partial charge in [-0.2, -0.15) is 0 Å². The summed E-state index contributed by atoms with van der Waals surface area (Å²) in [4.78, 5) is 17.0. The molecule has 0 radical (unpaired) electrons. The zero-order valence-corrected chi connectivity index (χ0v) is 15.7. The average Bonchev–Trinajstić information content (AvgIpc) is 3.29. The van der Waals surface area contributed by atoms with E-state index in [0.29, 0.717) is 17.8 Å². The van der Waals surface area contributed by atoms with Crippen molar-refractivity contribution in [1.82, 2.24) is 24.9 Å². The van der Waals surface area contributed by atoms with Crippen LogP contribution in [0.3, 0.4) is 0 Å². The summed E-state index contributed by atoms with van der Waals surface area (Å²) in [5.74, 6) is 2.80. The number of nitrogens with zero attached hydrogens (tertiary/aromatic N) is 2. The van der Waals surface area contributed by atoms with Gasteiger partial charge in [0.05, 0.1) is 6.33 Å². The quantitative estimate of drug-likeness (QED) is 0.617. The van der Waals surface area contributed by atoms with Gasteiger partial charge in [0, 0.05) is 42.6 Å². The first-order chi connectivity index (χ1) is 11.4. The number of hydrogen-bond donors (Lipinski definition) is 3. The van der Waals surface area contributed by atoms with Crippen LogP contribution in [-0.2, 0) is 0 Å². The second-order valence-electron chi connectivity index (χ2n) is 6.59. The molecule has 5 nitrogen and oxygen atoms in total. The minimum atomic E-state index is 0.519. The van der Waals surface area contributed by atoms with Crippen LogP contribution in [0.1, 0.15) is 76.4 Å². The molecule has 132 valence electrons. The Morgan fingerprint density at radius 1 is 0.875 bits per heavy atom. The van der Waals surface area contributed by atoms with Gasteiger partial charge in [-0.1, -0.05) is 41.5 Å². The Bertz CT molecular complexity index is 514. The van der Waals surface area contributed by atoms with Gasteiger partial charge in [-0.3, -0.25) is 0 Å². The Labute approximate surface area is 145 Å². The van der Waals surface area contributed by atoms with Crippen molar-refractivity contribution >= 4 is 0 Å². The zero-order chi connectivity index (χ0) is 17.9. The second kappa shape index (κ2) is 10.5. The van der Waals surface area contributed by atoms with E-state index in [2.05, 4.69) is 72.5 Å². The van der Waals surface area contributed by atoms with Gasteiger partial charge in [0.2, 0.25) is 0 Å². The largest absolute Gasteiger partial charge is 0.367 e. The maximum Gasteiger partial charge on any atom is 0.108 e. The third-order valence-corrected chi connectivity index (χ3v) is 3.50. The van der Waals surface area contributed by atoms with Crippen LogP contribution in [0.15, 0.2) is 43.4 Å². The number of nitrogens with one attached hydrogen (secondary N) is 3. The summed E-state index contributed by atoms with van der Waals surface area (Å²) in [7, 11) is 0. The number of aromatic nitrogens is 5. The Morgan fingerprint density at radius 2 is 1.62 bits per heavy atom. The lowest BCUT2D eigenvalue weighted by Gasteiger charge is -1.96. The minimum Gasteiger partial charge on any atom is -0.367 e. The van der Waals surface area contributed by atoms with Crippen LogP contribution in [0.5, 0.6) is 0 Å². The normalized spacial score (nSPS) is 10.4. The summed E-state index contributed by atoms with van der Waals surface area (Å²) < 4.78 is 0. The fraction of sp³-hybridized carbons (Fsp3) is 0.474. The molecule has 0 aromatic carbocycles. The van der Waals surface area contributed by atoms with Crippen molar-refractivity contribution in [1.29, 1.82) is 0 Å². The lowest BCUT2D eigenvalue weighted by Crippen LogP contribution is -1.87. The van der Waals surface area contributed by atoms with E-state index in [9.17, 15) is 0 Å². The predicted molar refractivity (Wildman–Crippen MR) is 100 cm³/mol. The van der Waals surface area contributed by atoms with Crippen LogP contribution in [-0.4, -0.2) is 24.9 Å². The number of imidazole rings is 2. The smallest absolute Gasteiger partial charge is 0.108 e. The molecule has 0 aliphatic heterocycles. The van der Waals surface area contributed by atoms with Gasteiger partial charge in [0.15, 0.2) is 0 Å². The van der Waals surface area contributed by atoms with E-state index < -0.39 is 0 Å². The van der Waals surface area contributed by atoms with Crippen LogP contribution in [0.25, 0.3) is 0 Å². The summed E-state index contributed by atoms with van der Waals surface area (Å²) in [6.07, 6.45) is 11.2. The maximum atomic E-state index is 4.06. The highest BCUT2D eigenvalue weighted by Crippen LogP contribution is 2.11. The molecule has 3 aromatic heterocycles. The van der Waals surface area contributed by atoms with Crippen molar-refractivity contribution in [2.24, 2.45) is 0 Å². The van der Waals surface area contributed by atoms with E-state index >= 15 is 0 Å². The van der Waals surface area contributed by atoms with Crippen LogP contribution >= 0.6 is 0 Å². The molecule has 0 unspecified atom stereocenters. The molecule has 0 aliphatic carbocycles. The SMILES string of the molecule is CC(C)c1cc[nH]c1.CC(C)c1cnc[nH]1.CC(C)c1ncc[nH]1. The van der Waals surface area contributed by atoms with Crippen molar-refractivity contribution in [2.75, 3.05) is 0 Å². The topological polar surface area (TPSA) is 73.2 Å². The van der Waals surface area contributed by atoms with E-state index in [4.69, 9.17) is 0 Å². The number of rotatable bonds is 3. The highest BCUT2D eigenvalue weighted by molar-refractivity contribution is 5.12. The third-order valence-electron chi connectivity index (χ3n) is 3.50. The first kappa shape index (κ1) is 19.7. The van der Waals surface area contributed by atoms with E-state index in [1.165, 1.54) is 11.3 Å². The lowest BCUT2D eigenvalue weighted by molar-refractivity contribution is 0.794. The van der Waals surface area contributed by atoms with Gasteiger partial charge >= 0.3 is 0 Å². The molecule has 0 aliphatic rings. The number of hydrogen-bond acceptors (Lipinski definition) is 2. The Balaban J connectivity index is 0.000000180. The highest BCUT2D eigenvalue weighted by atomic mass is 14.9. The van der Waals surface area contributed by atoms with Gasteiger partial charge in [-0.25, -0.2) is 9.97 Å². The second-order valence-corrected chi connectivity index (χ2v) is 6.59. The first-order valence-electron chi connectivity index (χ1n) is 8.52. The zero-order valence-electron chi connectivity index (χ0n) is 15.7. The summed E-state index contributed by atoms with van der Waals surface area (Å²) in [6, 6.07) is 2.10.